The van der Waals surface area contributed by atoms with Crippen molar-refractivity contribution in [3.63, 3.8) is 0 Å². The van der Waals surface area contributed by atoms with E-state index < -0.39 is 0 Å². The van der Waals surface area contributed by atoms with Crippen molar-refractivity contribution in [1.29, 1.82) is 0 Å². The molecule has 1 N–H and O–H groups in total. The average molecular weight is 295 g/mol. The number of alkyl carbamates (subject to hydrolysis) is 1. The van der Waals surface area contributed by atoms with Crippen LogP contribution in [0.5, 0.6) is 11.5 Å². The molecule has 0 aliphatic heterocycles. The maximum Gasteiger partial charge on any atom is 0.407 e. The van der Waals surface area contributed by atoms with Crippen LogP contribution in [0, 0.1) is 12.8 Å². The van der Waals surface area contributed by atoms with E-state index in [0.717, 1.165) is 11.1 Å². The second-order valence-corrected chi connectivity index (χ2v) is 5.30. The molecule has 0 saturated carbocycles. The summed E-state index contributed by atoms with van der Waals surface area (Å²) in [6.07, 6.45) is 0.338. The van der Waals surface area contributed by atoms with Gasteiger partial charge in [-0.2, -0.15) is 0 Å². The summed E-state index contributed by atoms with van der Waals surface area (Å²) in [5.41, 5.74) is 2.21. The number of hydrogen-bond donors (Lipinski definition) is 1. The molecule has 0 aromatic heterocycles. The van der Waals surface area contributed by atoms with Crippen LogP contribution in [-0.2, 0) is 11.2 Å². The number of rotatable bonds is 7. The summed E-state index contributed by atoms with van der Waals surface area (Å²) in [5, 5.41) is 2.75. The molecule has 0 bridgehead atoms. The third-order valence-electron chi connectivity index (χ3n) is 3.05. The SMILES string of the molecule is COc1cc(C)c(CCNC(=O)OCC(C)C)cc1OC. The third-order valence-corrected chi connectivity index (χ3v) is 3.05. The molecule has 0 aliphatic carbocycles. The van der Waals surface area contributed by atoms with Gasteiger partial charge in [0, 0.05) is 6.54 Å². The Kier molecular flexibility index (Phi) is 6.85. The first-order chi connectivity index (χ1) is 9.97. The highest BCUT2D eigenvalue weighted by atomic mass is 16.5. The van der Waals surface area contributed by atoms with Gasteiger partial charge in [-0.3, -0.25) is 0 Å². The molecule has 5 heteroatoms. The number of carbonyl (C=O) groups is 1. The summed E-state index contributed by atoms with van der Waals surface area (Å²) in [5.74, 6) is 1.74. The standard InChI is InChI=1S/C16H25NO4/c1-11(2)10-21-16(18)17-7-6-13-9-15(20-5)14(19-4)8-12(13)3/h8-9,11H,6-7,10H2,1-5H3,(H,17,18). The molecule has 0 unspecified atom stereocenters. The second kappa shape index (κ2) is 8.39. The number of methoxy groups -OCH3 is 2. The van der Waals surface area contributed by atoms with Crippen LogP contribution in [0.4, 0.5) is 4.79 Å². The molecule has 1 aromatic carbocycles. The lowest BCUT2D eigenvalue weighted by atomic mass is 10.0. The van der Waals surface area contributed by atoms with Gasteiger partial charge in [-0.15, -0.1) is 0 Å². The summed E-state index contributed by atoms with van der Waals surface area (Å²) in [7, 11) is 3.22. The van der Waals surface area contributed by atoms with Gasteiger partial charge in [0.2, 0.25) is 0 Å². The van der Waals surface area contributed by atoms with Gasteiger partial charge in [-0.05, 0) is 42.5 Å². The summed E-state index contributed by atoms with van der Waals surface area (Å²) < 4.78 is 15.6. The van der Waals surface area contributed by atoms with Crippen LogP contribution < -0.4 is 14.8 Å². The van der Waals surface area contributed by atoms with E-state index >= 15 is 0 Å². The maximum atomic E-state index is 11.5. The minimum Gasteiger partial charge on any atom is -0.493 e. The second-order valence-electron chi connectivity index (χ2n) is 5.30. The first kappa shape index (κ1) is 17.1. The van der Waals surface area contributed by atoms with Crippen molar-refractivity contribution >= 4 is 6.09 Å². The van der Waals surface area contributed by atoms with Gasteiger partial charge in [-0.1, -0.05) is 13.8 Å². The van der Waals surface area contributed by atoms with Crippen LogP contribution in [0.2, 0.25) is 0 Å². The average Bonchev–Trinajstić information content (AvgIpc) is 2.46. The van der Waals surface area contributed by atoms with E-state index in [2.05, 4.69) is 5.32 Å². The number of nitrogens with one attached hydrogen (secondary N) is 1. The van der Waals surface area contributed by atoms with Crippen molar-refractivity contribution < 1.29 is 19.0 Å². The summed E-state index contributed by atoms with van der Waals surface area (Å²) >= 11 is 0. The number of aryl methyl sites for hydroxylation is 1. The van der Waals surface area contributed by atoms with Crippen molar-refractivity contribution in [2.45, 2.75) is 27.2 Å². The van der Waals surface area contributed by atoms with Gasteiger partial charge < -0.3 is 19.5 Å². The molecule has 0 radical (unpaired) electrons. The molecule has 0 spiro atoms. The van der Waals surface area contributed by atoms with E-state index in [1.165, 1.54) is 0 Å². The van der Waals surface area contributed by atoms with Gasteiger partial charge in [0.1, 0.15) is 0 Å². The predicted octanol–water partition coefficient (Wildman–Crippen LogP) is 2.94. The zero-order valence-corrected chi connectivity index (χ0v) is 13.5. The van der Waals surface area contributed by atoms with E-state index in [1.807, 2.05) is 32.9 Å². The van der Waals surface area contributed by atoms with Crippen LogP contribution in [0.3, 0.4) is 0 Å². The molecule has 0 aliphatic rings. The lowest BCUT2D eigenvalue weighted by molar-refractivity contribution is 0.133. The van der Waals surface area contributed by atoms with Crippen molar-refractivity contribution in [3.8, 4) is 11.5 Å². The van der Waals surface area contributed by atoms with Crippen molar-refractivity contribution in [1.82, 2.24) is 5.32 Å². The molecule has 118 valence electrons. The molecule has 0 atom stereocenters. The Balaban J connectivity index is 2.54. The van der Waals surface area contributed by atoms with Crippen LogP contribution in [-0.4, -0.2) is 33.5 Å². The maximum absolute atomic E-state index is 11.5. The van der Waals surface area contributed by atoms with Gasteiger partial charge in [0.15, 0.2) is 11.5 Å². The first-order valence-electron chi connectivity index (χ1n) is 7.10. The zero-order chi connectivity index (χ0) is 15.8. The van der Waals surface area contributed by atoms with Crippen molar-refractivity contribution in [2.75, 3.05) is 27.4 Å². The topological polar surface area (TPSA) is 56.8 Å². The monoisotopic (exact) mass is 295 g/mol. The van der Waals surface area contributed by atoms with Crippen LogP contribution in [0.1, 0.15) is 25.0 Å². The molecule has 1 amide bonds. The molecule has 5 nitrogen and oxygen atoms in total. The number of ether oxygens (including phenoxy) is 3. The highest BCUT2D eigenvalue weighted by Gasteiger charge is 2.09. The Morgan fingerprint density at radius 1 is 1.19 bits per heavy atom. The number of amides is 1. The minimum atomic E-state index is -0.373. The van der Waals surface area contributed by atoms with E-state index in [0.29, 0.717) is 37.0 Å². The van der Waals surface area contributed by atoms with Crippen molar-refractivity contribution in [2.24, 2.45) is 5.92 Å². The van der Waals surface area contributed by atoms with Gasteiger partial charge in [0.25, 0.3) is 0 Å². The fraction of sp³-hybridized carbons (Fsp3) is 0.562. The van der Waals surface area contributed by atoms with E-state index in [1.54, 1.807) is 14.2 Å². The predicted molar refractivity (Wildman–Crippen MR) is 82.2 cm³/mol. The fourth-order valence-corrected chi connectivity index (χ4v) is 1.88. The molecule has 0 heterocycles. The normalized spacial score (nSPS) is 10.4. The smallest absolute Gasteiger partial charge is 0.407 e. The summed E-state index contributed by atoms with van der Waals surface area (Å²) in [6.45, 7) is 6.96. The molecule has 0 saturated heterocycles. The van der Waals surface area contributed by atoms with Crippen molar-refractivity contribution in [3.05, 3.63) is 23.3 Å². The Bertz CT molecular complexity index is 472. The molecule has 21 heavy (non-hydrogen) atoms. The Hall–Kier alpha value is -1.91. The molecule has 1 aromatic rings. The number of hydrogen-bond acceptors (Lipinski definition) is 4. The Morgan fingerprint density at radius 3 is 2.38 bits per heavy atom. The molecule has 1 rings (SSSR count). The van der Waals surface area contributed by atoms with Gasteiger partial charge in [-0.25, -0.2) is 4.79 Å². The minimum absolute atomic E-state index is 0.337. The fourth-order valence-electron chi connectivity index (χ4n) is 1.88. The van der Waals surface area contributed by atoms with Gasteiger partial charge >= 0.3 is 6.09 Å². The quantitative estimate of drug-likeness (QED) is 0.840. The third kappa shape index (κ3) is 5.53. The Morgan fingerprint density at radius 2 is 1.81 bits per heavy atom. The highest BCUT2D eigenvalue weighted by Crippen LogP contribution is 2.30. The number of benzene rings is 1. The van der Waals surface area contributed by atoms with Gasteiger partial charge in [0.05, 0.1) is 20.8 Å². The summed E-state index contributed by atoms with van der Waals surface area (Å²) in [6, 6.07) is 3.88. The molecule has 0 fully saturated rings. The highest BCUT2D eigenvalue weighted by molar-refractivity contribution is 5.67. The van der Waals surface area contributed by atoms with E-state index in [-0.39, 0.29) is 6.09 Å². The molecular formula is C16H25NO4. The number of carbonyl (C=O) groups excluding carboxylic acids is 1. The molecular weight excluding hydrogens is 270 g/mol. The largest absolute Gasteiger partial charge is 0.493 e. The van der Waals surface area contributed by atoms with E-state index in [4.69, 9.17) is 14.2 Å². The first-order valence-corrected chi connectivity index (χ1v) is 7.10. The van der Waals surface area contributed by atoms with Crippen LogP contribution in [0.25, 0.3) is 0 Å². The summed E-state index contributed by atoms with van der Waals surface area (Å²) in [4.78, 5) is 11.5. The lowest BCUT2D eigenvalue weighted by Gasteiger charge is -2.13. The van der Waals surface area contributed by atoms with Crippen LogP contribution in [0.15, 0.2) is 12.1 Å². The van der Waals surface area contributed by atoms with Crippen LogP contribution >= 0.6 is 0 Å². The lowest BCUT2D eigenvalue weighted by Crippen LogP contribution is -2.27. The Labute approximate surface area is 126 Å². The zero-order valence-electron chi connectivity index (χ0n) is 13.5. The van der Waals surface area contributed by atoms with E-state index in [9.17, 15) is 4.79 Å².